The highest BCUT2D eigenvalue weighted by atomic mass is 127. The van der Waals surface area contributed by atoms with Crippen LogP contribution in [0, 0.1) is 10.5 Å². The minimum atomic E-state index is 0.540. The van der Waals surface area contributed by atoms with Crippen LogP contribution in [0.25, 0.3) is 0 Å². The van der Waals surface area contributed by atoms with E-state index >= 15 is 0 Å². The summed E-state index contributed by atoms with van der Waals surface area (Å²) >= 11 is 7.51. The lowest BCUT2D eigenvalue weighted by Crippen LogP contribution is -2.20. The number of aryl methyl sites for hydroxylation is 1. The van der Waals surface area contributed by atoms with Crippen LogP contribution < -0.4 is 10.6 Å². The van der Waals surface area contributed by atoms with Gasteiger partial charge in [-0.2, -0.15) is 0 Å². The molecule has 3 nitrogen and oxygen atoms in total. The Morgan fingerprint density at radius 3 is 2.56 bits per heavy atom. The lowest BCUT2D eigenvalue weighted by molar-refractivity contribution is 1.27. The van der Waals surface area contributed by atoms with Crippen molar-refractivity contribution in [3.05, 3.63) is 51.7 Å². The van der Waals surface area contributed by atoms with Crippen molar-refractivity contribution in [2.24, 2.45) is 0 Å². The van der Waals surface area contributed by atoms with Gasteiger partial charge in [0.25, 0.3) is 0 Å². The summed E-state index contributed by atoms with van der Waals surface area (Å²) in [4.78, 5) is 4.23. The van der Waals surface area contributed by atoms with E-state index < -0.39 is 0 Å². The SMILES string of the molecule is Cc1cccnc1NC(=S)Nc1ccc(I)cc1. The van der Waals surface area contributed by atoms with Crippen molar-refractivity contribution in [3.8, 4) is 0 Å². The molecule has 0 radical (unpaired) electrons. The number of hydrogen-bond donors (Lipinski definition) is 2. The van der Waals surface area contributed by atoms with Crippen molar-refractivity contribution >= 4 is 51.4 Å². The predicted molar refractivity (Wildman–Crippen MR) is 88.0 cm³/mol. The normalized spacial score (nSPS) is 9.89. The van der Waals surface area contributed by atoms with Crippen LogP contribution in [0.2, 0.25) is 0 Å². The lowest BCUT2D eigenvalue weighted by atomic mass is 10.3. The van der Waals surface area contributed by atoms with E-state index in [4.69, 9.17) is 12.2 Å². The molecule has 0 amide bonds. The van der Waals surface area contributed by atoms with Gasteiger partial charge in [-0.25, -0.2) is 4.98 Å². The number of rotatable bonds is 2. The fraction of sp³-hybridized carbons (Fsp3) is 0.0769. The number of hydrogen-bond acceptors (Lipinski definition) is 2. The van der Waals surface area contributed by atoms with E-state index in [0.717, 1.165) is 17.1 Å². The number of nitrogens with one attached hydrogen (secondary N) is 2. The van der Waals surface area contributed by atoms with E-state index in [-0.39, 0.29) is 0 Å². The third-order valence-corrected chi connectivity index (χ3v) is 3.27. The van der Waals surface area contributed by atoms with E-state index in [1.54, 1.807) is 6.20 Å². The molecule has 18 heavy (non-hydrogen) atoms. The second kappa shape index (κ2) is 6.10. The number of anilines is 2. The summed E-state index contributed by atoms with van der Waals surface area (Å²) in [5, 5.41) is 6.74. The summed E-state index contributed by atoms with van der Waals surface area (Å²) < 4.78 is 1.19. The van der Waals surface area contributed by atoms with Gasteiger partial charge in [0.15, 0.2) is 5.11 Å². The Kier molecular flexibility index (Phi) is 4.48. The van der Waals surface area contributed by atoms with Crippen LogP contribution in [0.4, 0.5) is 11.5 Å². The van der Waals surface area contributed by atoms with E-state index in [2.05, 4.69) is 38.2 Å². The quantitative estimate of drug-likeness (QED) is 0.624. The summed E-state index contributed by atoms with van der Waals surface area (Å²) in [5.41, 5.74) is 2.02. The molecule has 5 heteroatoms. The molecule has 1 heterocycles. The van der Waals surface area contributed by atoms with Crippen molar-refractivity contribution < 1.29 is 0 Å². The maximum atomic E-state index is 5.25. The first kappa shape index (κ1) is 13.2. The first-order valence-electron chi connectivity index (χ1n) is 5.40. The second-order valence-electron chi connectivity index (χ2n) is 3.75. The molecule has 0 aliphatic rings. The van der Waals surface area contributed by atoms with Gasteiger partial charge in [-0.3, -0.25) is 0 Å². The predicted octanol–water partition coefficient (Wildman–Crippen LogP) is 3.80. The van der Waals surface area contributed by atoms with Crippen LogP contribution in [-0.4, -0.2) is 10.1 Å². The van der Waals surface area contributed by atoms with E-state index in [1.807, 2.05) is 43.3 Å². The molecular formula is C13H12IN3S. The molecule has 2 rings (SSSR count). The third kappa shape index (κ3) is 3.64. The van der Waals surface area contributed by atoms with Gasteiger partial charge in [0.05, 0.1) is 0 Å². The highest BCUT2D eigenvalue weighted by Crippen LogP contribution is 2.13. The maximum Gasteiger partial charge on any atom is 0.176 e. The second-order valence-corrected chi connectivity index (χ2v) is 5.41. The Hall–Kier alpha value is -1.21. The molecular weight excluding hydrogens is 357 g/mol. The van der Waals surface area contributed by atoms with Crippen LogP contribution in [0.5, 0.6) is 0 Å². The van der Waals surface area contributed by atoms with Gasteiger partial charge in [0, 0.05) is 15.5 Å². The molecule has 0 saturated heterocycles. The van der Waals surface area contributed by atoms with Gasteiger partial charge >= 0.3 is 0 Å². The minimum absolute atomic E-state index is 0.540. The highest BCUT2D eigenvalue weighted by molar-refractivity contribution is 14.1. The summed E-state index contributed by atoms with van der Waals surface area (Å²) in [6.45, 7) is 1.99. The summed E-state index contributed by atoms with van der Waals surface area (Å²) in [6.07, 6.45) is 1.74. The van der Waals surface area contributed by atoms with Crippen LogP contribution in [0.1, 0.15) is 5.56 Å². The maximum absolute atomic E-state index is 5.25. The van der Waals surface area contributed by atoms with Crippen molar-refractivity contribution in [3.63, 3.8) is 0 Å². The van der Waals surface area contributed by atoms with Crippen LogP contribution in [0.15, 0.2) is 42.6 Å². The van der Waals surface area contributed by atoms with E-state index in [0.29, 0.717) is 5.11 Å². The molecule has 1 aromatic heterocycles. The standard InChI is InChI=1S/C13H12IN3S/c1-9-3-2-8-15-12(9)17-13(18)16-11-6-4-10(14)5-7-11/h2-8H,1H3,(H2,15,16,17,18). The van der Waals surface area contributed by atoms with Crippen molar-refractivity contribution in [2.75, 3.05) is 10.6 Å². The number of pyridine rings is 1. The molecule has 0 fully saturated rings. The Bertz CT molecular complexity index is 554. The Labute approximate surface area is 125 Å². The van der Waals surface area contributed by atoms with Gasteiger partial charge in [-0.1, -0.05) is 6.07 Å². The molecule has 0 spiro atoms. The van der Waals surface area contributed by atoms with E-state index in [1.165, 1.54) is 3.57 Å². The topological polar surface area (TPSA) is 37.0 Å². The van der Waals surface area contributed by atoms with Gasteiger partial charge in [-0.05, 0) is 77.6 Å². The van der Waals surface area contributed by atoms with E-state index in [9.17, 15) is 0 Å². The van der Waals surface area contributed by atoms with Gasteiger partial charge < -0.3 is 10.6 Å². The number of nitrogens with zero attached hydrogens (tertiary/aromatic N) is 1. The van der Waals surface area contributed by atoms with Crippen LogP contribution >= 0.6 is 34.8 Å². The number of thiocarbonyl (C=S) groups is 1. The first-order chi connectivity index (χ1) is 8.65. The lowest BCUT2D eigenvalue weighted by Gasteiger charge is -2.11. The molecule has 2 aromatic rings. The Morgan fingerprint density at radius 1 is 1.17 bits per heavy atom. The zero-order valence-corrected chi connectivity index (χ0v) is 12.7. The van der Waals surface area contributed by atoms with Gasteiger partial charge in [0.1, 0.15) is 5.82 Å². The number of benzene rings is 1. The van der Waals surface area contributed by atoms with Crippen molar-refractivity contribution in [1.82, 2.24) is 4.98 Å². The summed E-state index contributed by atoms with van der Waals surface area (Å²) in [5.74, 6) is 0.778. The zero-order chi connectivity index (χ0) is 13.0. The Morgan fingerprint density at radius 2 is 1.89 bits per heavy atom. The van der Waals surface area contributed by atoms with Gasteiger partial charge in [-0.15, -0.1) is 0 Å². The number of halogens is 1. The van der Waals surface area contributed by atoms with Gasteiger partial charge in [0.2, 0.25) is 0 Å². The molecule has 0 atom stereocenters. The molecule has 0 aliphatic heterocycles. The van der Waals surface area contributed by atoms with Crippen molar-refractivity contribution in [1.29, 1.82) is 0 Å². The smallest absolute Gasteiger partial charge is 0.176 e. The highest BCUT2D eigenvalue weighted by Gasteiger charge is 2.02. The third-order valence-electron chi connectivity index (χ3n) is 2.34. The van der Waals surface area contributed by atoms with Crippen molar-refractivity contribution in [2.45, 2.75) is 6.92 Å². The molecule has 0 saturated carbocycles. The first-order valence-corrected chi connectivity index (χ1v) is 6.89. The molecule has 0 unspecified atom stereocenters. The Balaban J connectivity index is 2.01. The molecule has 0 aliphatic carbocycles. The largest absolute Gasteiger partial charge is 0.332 e. The average molecular weight is 369 g/mol. The zero-order valence-electron chi connectivity index (χ0n) is 9.77. The molecule has 2 N–H and O–H groups in total. The fourth-order valence-electron chi connectivity index (χ4n) is 1.42. The van der Waals surface area contributed by atoms with Crippen LogP contribution in [-0.2, 0) is 0 Å². The summed E-state index contributed by atoms with van der Waals surface area (Å²) in [7, 11) is 0. The average Bonchev–Trinajstić information content (AvgIpc) is 2.35. The monoisotopic (exact) mass is 369 g/mol. The molecule has 0 bridgehead atoms. The summed E-state index contributed by atoms with van der Waals surface area (Å²) in [6, 6.07) is 11.9. The molecule has 1 aromatic carbocycles. The minimum Gasteiger partial charge on any atom is -0.332 e. The fourth-order valence-corrected chi connectivity index (χ4v) is 1.99. The van der Waals surface area contributed by atoms with Crippen LogP contribution in [0.3, 0.4) is 0 Å². The molecule has 92 valence electrons. The number of aromatic nitrogens is 1.